The van der Waals surface area contributed by atoms with Gasteiger partial charge in [0.1, 0.15) is 0 Å². The van der Waals surface area contributed by atoms with Gasteiger partial charge in [0.05, 0.1) is 11.1 Å². The molecule has 0 fully saturated rings. The molecule has 136 valence electrons. The van der Waals surface area contributed by atoms with Crippen LogP contribution in [0.25, 0.3) is 0 Å². The van der Waals surface area contributed by atoms with Gasteiger partial charge >= 0.3 is 0 Å². The number of hydrogen-bond donors (Lipinski definition) is 0. The van der Waals surface area contributed by atoms with Gasteiger partial charge in [0.15, 0.2) is 46.5 Å². The Morgan fingerprint density at radius 2 is 0.560 bits per heavy atom. The highest BCUT2D eigenvalue weighted by atomic mass is 79.9. The van der Waals surface area contributed by atoms with Gasteiger partial charge in [-0.3, -0.25) is 0 Å². The first-order valence-corrected chi connectivity index (χ1v) is 6.56. The molecular weight excluding hydrogens is 445 g/mol. The molecular formula is C13BrF11. The van der Waals surface area contributed by atoms with Crippen LogP contribution in [0.3, 0.4) is 0 Å². The quantitative estimate of drug-likeness (QED) is 0.243. The van der Waals surface area contributed by atoms with Crippen molar-refractivity contribution in [2.75, 3.05) is 0 Å². The van der Waals surface area contributed by atoms with E-state index in [9.17, 15) is 48.3 Å². The molecule has 0 saturated heterocycles. The molecule has 0 radical (unpaired) electrons. The molecule has 12 heteroatoms. The lowest BCUT2D eigenvalue weighted by Crippen LogP contribution is -2.25. The number of benzene rings is 2. The minimum absolute atomic E-state index is 1.65. The van der Waals surface area contributed by atoms with E-state index in [-0.39, 0.29) is 0 Å². The van der Waals surface area contributed by atoms with Gasteiger partial charge in [-0.1, -0.05) is 0 Å². The molecule has 0 saturated carbocycles. The summed E-state index contributed by atoms with van der Waals surface area (Å²) in [6.45, 7) is 0. The Kier molecular flexibility index (Phi) is 4.79. The zero-order valence-electron chi connectivity index (χ0n) is 11.0. The van der Waals surface area contributed by atoms with Crippen LogP contribution in [0, 0.1) is 58.2 Å². The first kappa shape index (κ1) is 19.5. The van der Waals surface area contributed by atoms with Crippen LogP contribution >= 0.6 is 15.9 Å². The molecule has 0 aromatic heterocycles. The summed E-state index contributed by atoms with van der Waals surface area (Å²) < 4.78 is 143. The Bertz CT molecular complexity index is 761. The molecule has 25 heavy (non-hydrogen) atoms. The maximum atomic E-state index is 14.6. The van der Waals surface area contributed by atoms with Gasteiger partial charge in [-0.2, -0.15) is 0 Å². The third-order valence-corrected chi connectivity index (χ3v) is 3.84. The van der Waals surface area contributed by atoms with Gasteiger partial charge in [-0.15, -0.1) is 0 Å². The number of rotatable bonds is 2. The summed E-state index contributed by atoms with van der Waals surface area (Å²) in [6, 6.07) is 0. The van der Waals surface area contributed by atoms with Crippen molar-refractivity contribution >= 4 is 15.9 Å². The van der Waals surface area contributed by atoms with E-state index in [2.05, 4.69) is 0 Å². The van der Waals surface area contributed by atoms with Gasteiger partial charge in [-0.05, 0) is 15.9 Å². The summed E-state index contributed by atoms with van der Waals surface area (Å²) in [6.07, 6.45) is 0. The largest absolute Gasteiger partial charge is 0.227 e. The molecule has 0 aliphatic carbocycles. The molecule has 0 bridgehead atoms. The summed E-state index contributed by atoms with van der Waals surface area (Å²) in [5.41, 5.74) is -4.99. The third kappa shape index (κ3) is 2.66. The van der Waals surface area contributed by atoms with Crippen LogP contribution in [-0.4, -0.2) is 0 Å². The van der Waals surface area contributed by atoms with E-state index >= 15 is 0 Å². The van der Waals surface area contributed by atoms with Gasteiger partial charge in [-0.25, -0.2) is 48.3 Å². The monoisotopic (exact) mass is 444 g/mol. The van der Waals surface area contributed by atoms with Crippen LogP contribution in [0.15, 0.2) is 0 Å². The molecule has 0 nitrogen and oxygen atoms in total. The van der Waals surface area contributed by atoms with Crippen molar-refractivity contribution in [2.45, 2.75) is 4.58 Å². The van der Waals surface area contributed by atoms with Crippen LogP contribution in [0.5, 0.6) is 0 Å². The summed E-state index contributed by atoms with van der Waals surface area (Å²) in [7, 11) is 0. The molecule has 0 unspecified atom stereocenters. The lowest BCUT2D eigenvalue weighted by atomic mass is 9.99. The smallest absolute Gasteiger partial charge is 0.220 e. The SMILES string of the molecule is Fc1c(F)c(F)c(C(F)(Br)c2c(F)c(F)c(F)c(F)c2F)c(F)c1F. The van der Waals surface area contributed by atoms with Crippen LogP contribution in [0.2, 0.25) is 0 Å². The van der Waals surface area contributed by atoms with Crippen molar-refractivity contribution < 1.29 is 48.3 Å². The number of halogens is 12. The van der Waals surface area contributed by atoms with Gasteiger partial charge in [0.2, 0.25) is 16.2 Å². The topological polar surface area (TPSA) is 0 Å². The average Bonchev–Trinajstić information content (AvgIpc) is 2.54. The molecule has 0 atom stereocenters. The molecule has 0 spiro atoms. The van der Waals surface area contributed by atoms with Crippen LogP contribution < -0.4 is 0 Å². The van der Waals surface area contributed by atoms with Crippen molar-refractivity contribution in [3.8, 4) is 0 Å². The van der Waals surface area contributed by atoms with Crippen molar-refractivity contribution in [3.63, 3.8) is 0 Å². The van der Waals surface area contributed by atoms with E-state index in [1.165, 1.54) is 0 Å². The Morgan fingerprint density at radius 1 is 0.400 bits per heavy atom. The van der Waals surface area contributed by atoms with Crippen molar-refractivity contribution in [1.82, 2.24) is 0 Å². The predicted molar refractivity (Wildman–Crippen MR) is 63.3 cm³/mol. The zero-order chi connectivity index (χ0) is 19.4. The molecule has 0 aliphatic rings. The highest BCUT2D eigenvalue weighted by Crippen LogP contribution is 2.47. The fourth-order valence-corrected chi connectivity index (χ4v) is 2.58. The van der Waals surface area contributed by atoms with Gasteiger partial charge in [0, 0.05) is 0 Å². The molecule has 0 aliphatic heterocycles. The number of hydrogen-bond acceptors (Lipinski definition) is 0. The Labute approximate surface area is 139 Å². The average molecular weight is 445 g/mol. The van der Waals surface area contributed by atoms with Gasteiger partial charge < -0.3 is 0 Å². The summed E-state index contributed by atoms with van der Waals surface area (Å²) in [5.74, 6) is -27.7. The zero-order valence-corrected chi connectivity index (χ0v) is 12.6. The summed E-state index contributed by atoms with van der Waals surface area (Å²) in [5, 5.41) is 0. The Balaban J connectivity index is 2.96. The second kappa shape index (κ2) is 6.15. The summed E-state index contributed by atoms with van der Waals surface area (Å²) >= 11 is 1.65. The molecule has 2 rings (SSSR count). The summed E-state index contributed by atoms with van der Waals surface area (Å²) in [4.78, 5) is 0. The molecule has 0 heterocycles. The van der Waals surface area contributed by atoms with Gasteiger partial charge in [0.25, 0.3) is 0 Å². The second-order valence-electron chi connectivity index (χ2n) is 4.46. The molecule has 2 aromatic carbocycles. The molecule has 2 aromatic rings. The lowest BCUT2D eigenvalue weighted by molar-refractivity contribution is 0.279. The van der Waals surface area contributed by atoms with E-state index < -0.39 is 73.9 Å². The predicted octanol–water partition coefficient (Wildman–Crippen LogP) is 5.64. The number of alkyl halides is 2. The minimum atomic E-state index is -4.49. The first-order valence-electron chi connectivity index (χ1n) is 5.77. The highest BCUT2D eigenvalue weighted by molar-refractivity contribution is 9.09. The fourth-order valence-electron chi connectivity index (χ4n) is 1.89. The van der Waals surface area contributed by atoms with E-state index in [4.69, 9.17) is 0 Å². The Hall–Kier alpha value is -1.85. The maximum Gasteiger partial charge on any atom is 0.227 e. The maximum absolute atomic E-state index is 14.6. The van der Waals surface area contributed by atoms with E-state index in [1.807, 2.05) is 0 Å². The first-order chi connectivity index (χ1) is 11.4. The third-order valence-electron chi connectivity index (χ3n) is 3.05. The van der Waals surface area contributed by atoms with Crippen molar-refractivity contribution in [2.24, 2.45) is 0 Å². The van der Waals surface area contributed by atoms with Crippen LogP contribution in [-0.2, 0) is 4.58 Å². The second-order valence-corrected chi connectivity index (χ2v) is 5.56. The Morgan fingerprint density at radius 3 is 0.760 bits per heavy atom. The van der Waals surface area contributed by atoms with E-state index in [0.29, 0.717) is 0 Å². The van der Waals surface area contributed by atoms with Crippen LogP contribution in [0.1, 0.15) is 11.1 Å². The minimum Gasteiger partial charge on any atom is -0.220 e. The van der Waals surface area contributed by atoms with E-state index in [1.54, 1.807) is 15.9 Å². The standard InChI is InChI=1S/C13BrF11/c14-13(25,1-3(15)7(19)11(23)8(20)4(1)16)2-5(17)9(21)12(24)10(22)6(2)18. The normalized spacial score (nSPS) is 12.0. The fraction of sp³-hybridized carbons (Fsp3) is 0.0769. The molecule has 0 amide bonds. The van der Waals surface area contributed by atoms with Crippen molar-refractivity contribution in [1.29, 1.82) is 0 Å². The molecule has 0 N–H and O–H groups in total. The lowest BCUT2D eigenvalue weighted by Gasteiger charge is -2.23. The van der Waals surface area contributed by atoms with E-state index in [0.717, 1.165) is 0 Å². The van der Waals surface area contributed by atoms with Crippen molar-refractivity contribution in [3.05, 3.63) is 69.3 Å². The van der Waals surface area contributed by atoms with Crippen LogP contribution in [0.4, 0.5) is 48.3 Å². The highest BCUT2D eigenvalue weighted by Gasteiger charge is 2.47.